The Morgan fingerprint density at radius 1 is 1.00 bits per heavy atom. The van der Waals surface area contributed by atoms with Crippen LogP contribution in [0.4, 0.5) is 0 Å². The molecule has 4 aliphatic carbocycles. The monoisotopic (exact) mass is 433 g/mol. The second-order valence-corrected chi connectivity index (χ2v) is 12.0. The summed E-state index contributed by atoms with van der Waals surface area (Å²) >= 11 is 0. The Morgan fingerprint density at radius 3 is 2.45 bits per heavy atom. The van der Waals surface area contributed by atoms with Gasteiger partial charge in [-0.2, -0.15) is 0 Å². The molecule has 4 fully saturated rings. The SMILES string of the molecule is CC(CCC(=O)NCC(=O)O)[C@H]1CC[C@H]2[C@@H]3CC[C@@H]4C[C@H](O)CCC4(C)[C@H]3CCC12C. The van der Waals surface area contributed by atoms with Crippen LogP contribution in [0.3, 0.4) is 0 Å². The van der Waals surface area contributed by atoms with Crippen LogP contribution >= 0.6 is 0 Å². The van der Waals surface area contributed by atoms with Gasteiger partial charge in [-0.05, 0) is 111 Å². The number of aliphatic hydroxyl groups is 1. The van der Waals surface area contributed by atoms with Gasteiger partial charge in [0.25, 0.3) is 0 Å². The molecule has 4 rings (SSSR count). The lowest BCUT2D eigenvalue weighted by Crippen LogP contribution is -2.54. The van der Waals surface area contributed by atoms with E-state index in [1.165, 1.54) is 44.9 Å². The highest BCUT2D eigenvalue weighted by molar-refractivity contribution is 5.81. The lowest BCUT2D eigenvalue weighted by molar-refractivity contribution is -0.138. The smallest absolute Gasteiger partial charge is 0.322 e. The summed E-state index contributed by atoms with van der Waals surface area (Å²) < 4.78 is 0. The van der Waals surface area contributed by atoms with Gasteiger partial charge in [0.05, 0.1) is 6.10 Å². The summed E-state index contributed by atoms with van der Waals surface area (Å²) in [4.78, 5) is 22.7. The molecule has 3 unspecified atom stereocenters. The number of carboxylic acid groups (broad SMARTS) is 1. The van der Waals surface area contributed by atoms with Crippen molar-refractivity contribution in [1.29, 1.82) is 0 Å². The molecule has 4 saturated carbocycles. The summed E-state index contributed by atoms with van der Waals surface area (Å²) in [6.45, 7) is 7.13. The highest BCUT2D eigenvalue weighted by Gasteiger charge is 2.60. The molecular weight excluding hydrogens is 390 g/mol. The standard InChI is InChI=1S/C26H43NO4/c1-16(4-9-23(29)27-15-24(30)31)20-7-8-21-19-6-5-17-14-18(28)10-12-25(17,2)22(19)11-13-26(20,21)3/h16-22,28H,4-15H2,1-3H3,(H,27,29)(H,30,31)/t16?,17-,18-,19+,20-,21+,22+,25?,26?/m1/s1. The first-order valence-corrected chi connectivity index (χ1v) is 12.8. The van der Waals surface area contributed by atoms with Crippen LogP contribution in [0.1, 0.15) is 91.4 Å². The third-order valence-corrected chi connectivity index (χ3v) is 10.7. The number of amides is 1. The molecule has 5 heteroatoms. The molecule has 5 nitrogen and oxygen atoms in total. The van der Waals surface area contributed by atoms with Crippen molar-refractivity contribution < 1.29 is 19.8 Å². The average molecular weight is 434 g/mol. The molecule has 0 spiro atoms. The van der Waals surface area contributed by atoms with E-state index in [1.807, 2.05) is 0 Å². The summed E-state index contributed by atoms with van der Waals surface area (Å²) in [5, 5.41) is 21.5. The summed E-state index contributed by atoms with van der Waals surface area (Å²) in [6.07, 6.45) is 12.3. The van der Waals surface area contributed by atoms with Crippen LogP contribution in [0.5, 0.6) is 0 Å². The predicted octanol–water partition coefficient (Wildman–Crippen LogP) is 4.62. The zero-order valence-corrected chi connectivity index (χ0v) is 19.7. The Labute approximate surface area is 187 Å². The van der Waals surface area contributed by atoms with Crippen LogP contribution in [-0.2, 0) is 9.59 Å². The Balaban J connectivity index is 1.40. The topological polar surface area (TPSA) is 86.6 Å². The van der Waals surface area contributed by atoms with Gasteiger partial charge in [0.1, 0.15) is 6.54 Å². The fourth-order valence-electron chi connectivity index (χ4n) is 9.03. The van der Waals surface area contributed by atoms with E-state index < -0.39 is 5.97 Å². The molecule has 1 amide bonds. The van der Waals surface area contributed by atoms with Crippen molar-refractivity contribution in [2.45, 2.75) is 97.5 Å². The molecule has 176 valence electrons. The molecule has 0 radical (unpaired) electrons. The molecule has 9 atom stereocenters. The quantitative estimate of drug-likeness (QED) is 0.570. The highest BCUT2D eigenvalue weighted by atomic mass is 16.4. The van der Waals surface area contributed by atoms with Crippen LogP contribution in [-0.4, -0.2) is 34.7 Å². The van der Waals surface area contributed by atoms with Crippen molar-refractivity contribution in [3.63, 3.8) is 0 Å². The van der Waals surface area contributed by atoms with E-state index >= 15 is 0 Å². The van der Waals surface area contributed by atoms with Crippen LogP contribution in [0, 0.1) is 46.3 Å². The Bertz CT molecular complexity index is 695. The van der Waals surface area contributed by atoms with Gasteiger partial charge in [0.15, 0.2) is 0 Å². The summed E-state index contributed by atoms with van der Waals surface area (Å²) in [7, 11) is 0. The van der Waals surface area contributed by atoms with E-state index in [1.54, 1.807) is 0 Å². The maximum atomic E-state index is 12.0. The van der Waals surface area contributed by atoms with Crippen molar-refractivity contribution in [3.8, 4) is 0 Å². The van der Waals surface area contributed by atoms with Gasteiger partial charge < -0.3 is 15.5 Å². The van der Waals surface area contributed by atoms with E-state index in [4.69, 9.17) is 5.11 Å². The van der Waals surface area contributed by atoms with Gasteiger partial charge in [0, 0.05) is 6.42 Å². The first kappa shape index (κ1) is 23.1. The van der Waals surface area contributed by atoms with Gasteiger partial charge in [-0.25, -0.2) is 0 Å². The second-order valence-electron chi connectivity index (χ2n) is 12.0. The van der Waals surface area contributed by atoms with Crippen molar-refractivity contribution in [1.82, 2.24) is 5.32 Å². The fraction of sp³-hybridized carbons (Fsp3) is 0.923. The van der Waals surface area contributed by atoms with E-state index in [9.17, 15) is 14.7 Å². The molecule has 0 saturated heterocycles. The molecule has 3 N–H and O–H groups in total. The molecule has 4 aliphatic rings. The number of carbonyl (C=O) groups is 2. The number of carboxylic acids is 1. The van der Waals surface area contributed by atoms with E-state index in [2.05, 4.69) is 26.1 Å². The zero-order valence-electron chi connectivity index (χ0n) is 19.7. The van der Waals surface area contributed by atoms with Crippen molar-refractivity contribution in [2.24, 2.45) is 46.3 Å². The van der Waals surface area contributed by atoms with Gasteiger partial charge in [-0.15, -0.1) is 0 Å². The lowest BCUT2D eigenvalue weighted by Gasteiger charge is -2.61. The Hall–Kier alpha value is -1.10. The molecule has 0 aromatic carbocycles. The number of carbonyl (C=O) groups excluding carboxylic acids is 1. The fourth-order valence-corrected chi connectivity index (χ4v) is 9.03. The molecular formula is C26H43NO4. The van der Waals surface area contributed by atoms with Gasteiger partial charge >= 0.3 is 5.97 Å². The Morgan fingerprint density at radius 2 is 1.71 bits per heavy atom. The maximum absolute atomic E-state index is 12.0. The molecule has 0 bridgehead atoms. The molecule has 31 heavy (non-hydrogen) atoms. The highest BCUT2D eigenvalue weighted by Crippen LogP contribution is 2.68. The van der Waals surface area contributed by atoms with Crippen LogP contribution in [0.15, 0.2) is 0 Å². The van der Waals surface area contributed by atoms with E-state index in [0.29, 0.717) is 35.0 Å². The van der Waals surface area contributed by atoms with Gasteiger partial charge in [-0.3, -0.25) is 9.59 Å². The molecule has 0 heterocycles. The van der Waals surface area contributed by atoms with E-state index in [0.717, 1.165) is 37.0 Å². The normalized spacial score (nSPS) is 45.2. The number of fused-ring (bicyclic) bond motifs is 5. The largest absolute Gasteiger partial charge is 0.480 e. The van der Waals surface area contributed by atoms with Crippen LogP contribution in [0.2, 0.25) is 0 Å². The number of hydrogen-bond donors (Lipinski definition) is 3. The first-order chi connectivity index (χ1) is 14.6. The third kappa shape index (κ3) is 4.16. The predicted molar refractivity (Wildman–Crippen MR) is 120 cm³/mol. The number of nitrogens with one attached hydrogen (secondary N) is 1. The number of rotatable bonds is 6. The summed E-state index contributed by atoms with van der Waals surface area (Å²) in [5.74, 6) is 3.23. The molecule has 0 aromatic heterocycles. The summed E-state index contributed by atoms with van der Waals surface area (Å²) in [5.41, 5.74) is 0.810. The number of hydrogen-bond acceptors (Lipinski definition) is 3. The number of aliphatic carboxylic acids is 1. The van der Waals surface area contributed by atoms with Gasteiger partial charge in [-0.1, -0.05) is 20.8 Å². The minimum absolute atomic E-state index is 0.0760. The average Bonchev–Trinajstić information content (AvgIpc) is 3.08. The molecule has 0 aromatic rings. The van der Waals surface area contributed by atoms with Crippen molar-refractivity contribution in [3.05, 3.63) is 0 Å². The first-order valence-electron chi connectivity index (χ1n) is 12.8. The van der Waals surface area contributed by atoms with E-state index in [-0.39, 0.29) is 18.6 Å². The van der Waals surface area contributed by atoms with Crippen molar-refractivity contribution >= 4 is 11.9 Å². The minimum Gasteiger partial charge on any atom is -0.480 e. The van der Waals surface area contributed by atoms with Gasteiger partial charge in [0.2, 0.25) is 5.91 Å². The number of aliphatic hydroxyl groups excluding tert-OH is 1. The van der Waals surface area contributed by atoms with Crippen LogP contribution in [0.25, 0.3) is 0 Å². The molecule has 0 aliphatic heterocycles. The maximum Gasteiger partial charge on any atom is 0.322 e. The second kappa shape index (κ2) is 8.68. The van der Waals surface area contributed by atoms with Crippen LogP contribution < -0.4 is 5.32 Å². The third-order valence-electron chi connectivity index (χ3n) is 10.7. The lowest BCUT2D eigenvalue weighted by atomic mass is 9.44. The van der Waals surface area contributed by atoms with Crippen molar-refractivity contribution in [2.75, 3.05) is 6.54 Å². The minimum atomic E-state index is -0.986. The zero-order chi connectivity index (χ0) is 22.4. The summed E-state index contributed by atoms with van der Waals surface area (Å²) in [6, 6.07) is 0. The Kier molecular flexibility index (Phi) is 6.46.